The van der Waals surface area contributed by atoms with E-state index in [0.717, 1.165) is 0 Å². The van der Waals surface area contributed by atoms with Gasteiger partial charge in [0.1, 0.15) is 0 Å². The Labute approximate surface area is 46.6 Å². The number of amides is 2. The Morgan fingerprint density at radius 1 is 1.25 bits per heavy atom. The Bertz CT molecular complexity index is 153. The van der Waals surface area contributed by atoms with Crippen molar-refractivity contribution < 1.29 is 14.5 Å². The molecule has 0 aromatic rings. The van der Waals surface area contributed by atoms with Gasteiger partial charge in [0.15, 0.2) is 0 Å². The molecule has 0 saturated heterocycles. The summed E-state index contributed by atoms with van der Waals surface area (Å²) in [5.41, 5.74) is 0. The zero-order valence-corrected chi connectivity index (χ0v) is 4.18. The van der Waals surface area contributed by atoms with E-state index < -0.39 is 0 Å². The molecule has 0 unspecified atom stereocenters. The van der Waals surface area contributed by atoms with Crippen molar-refractivity contribution in [2.24, 2.45) is 0 Å². The lowest BCUT2D eigenvalue weighted by molar-refractivity contribution is -0.676. The SMILES string of the molecule is [CH2-][NH+]1C(=O)C=CC1=O. The van der Waals surface area contributed by atoms with Crippen LogP contribution in [-0.4, -0.2) is 11.8 Å². The minimum absolute atomic E-state index is 0.0741. The minimum atomic E-state index is -0.269. The number of quaternary nitrogens is 1. The summed E-state index contributed by atoms with van der Waals surface area (Å²) < 4.78 is 0. The van der Waals surface area contributed by atoms with Crippen LogP contribution in [0.3, 0.4) is 0 Å². The molecule has 0 spiro atoms. The molecule has 0 saturated carbocycles. The number of carbonyl (C=O) groups is 2. The highest BCUT2D eigenvalue weighted by atomic mass is 16.2. The third-order valence-corrected chi connectivity index (χ3v) is 0.981. The molecule has 0 aromatic heterocycles. The predicted octanol–water partition coefficient (Wildman–Crippen LogP) is -1.71. The Morgan fingerprint density at radius 3 is 1.75 bits per heavy atom. The summed E-state index contributed by atoms with van der Waals surface area (Å²) in [6.45, 7) is 0. The van der Waals surface area contributed by atoms with Gasteiger partial charge < -0.3 is 4.90 Å². The monoisotopic (exact) mass is 111 g/mol. The van der Waals surface area contributed by atoms with Gasteiger partial charge in [-0.1, -0.05) is 0 Å². The topological polar surface area (TPSA) is 38.6 Å². The maximum absolute atomic E-state index is 10.4. The van der Waals surface area contributed by atoms with Gasteiger partial charge in [-0.3, -0.25) is 0 Å². The van der Waals surface area contributed by atoms with Crippen LogP contribution < -0.4 is 4.90 Å². The van der Waals surface area contributed by atoms with Crippen LogP contribution in [0.1, 0.15) is 0 Å². The van der Waals surface area contributed by atoms with Crippen LogP contribution in [-0.2, 0) is 9.59 Å². The van der Waals surface area contributed by atoms with Crippen molar-refractivity contribution >= 4 is 11.8 Å². The standard InChI is InChI=1S/C5H5NO2/c1-6-4(7)2-3-5(6)8/h2-3,6H,1H2. The van der Waals surface area contributed by atoms with Crippen LogP contribution in [0.2, 0.25) is 0 Å². The largest absolute Gasteiger partial charge is 0.333 e. The van der Waals surface area contributed by atoms with Crippen LogP contribution >= 0.6 is 0 Å². The zero-order valence-electron chi connectivity index (χ0n) is 4.18. The molecule has 0 fully saturated rings. The Morgan fingerprint density at radius 2 is 1.62 bits per heavy atom. The first-order valence-electron chi connectivity index (χ1n) is 2.17. The summed E-state index contributed by atoms with van der Waals surface area (Å²) in [5, 5.41) is 0. The summed E-state index contributed by atoms with van der Waals surface area (Å²) in [5.74, 6) is -0.537. The van der Waals surface area contributed by atoms with Crippen molar-refractivity contribution in [2.45, 2.75) is 0 Å². The molecule has 1 aliphatic rings. The smallest absolute Gasteiger partial charge is 0.318 e. The van der Waals surface area contributed by atoms with Crippen molar-refractivity contribution in [3.05, 3.63) is 19.2 Å². The second-order valence-electron chi connectivity index (χ2n) is 1.54. The molecular weight excluding hydrogens is 106 g/mol. The van der Waals surface area contributed by atoms with Crippen molar-refractivity contribution in [1.29, 1.82) is 0 Å². The second kappa shape index (κ2) is 1.52. The fourth-order valence-corrected chi connectivity index (χ4v) is 0.474. The third-order valence-electron chi connectivity index (χ3n) is 0.981. The maximum Gasteiger partial charge on any atom is 0.318 e. The lowest BCUT2D eigenvalue weighted by Crippen LogP contribution is -3.10. The van der Waals surface area contributed by atoms with Crippen molar-refractivity contribution in [2.75, 3.05) is 0 Å². The number of hydrogen-bond donors (Lipinski definition) is 1. The molecule has 3 nitrogen and oxygen atoms in total. The Balaban J connectivity index is 2.84. The van der Waals surface area contributed by atoms with Crippen molar-refractivity contribution in [3.63, 3.8) is 0 Å². The Hall–Kier alpha value is -0.960. The fraction of sp³-hybridized carbons (Fsp3) is 0. The maximum atomic E-state index is 10.4. The molecule has 1 rings (SSSR count). The van der Waals surface area contributed by atoms with E-state index in [0.29, 0.717) is 0 Å². The van der Waals surface area contributed by atoms with Crippen molar-refractivity contribution in [3.8, 4) is 0 Å². The first kappa shape index (κ1) is 5.18. The van der Waals surface area contributed by atoms with E-state index in [1.807, 2.05) is 0 Å². The molecule has 1 aliphatic heterocycles. The van der Waals surface area contributed by atoms with Gasteiger partial charge in [0.2, 0.25) is 0 Å². The van der Waals surface area contributed by atoms with Gasteiger partial charge in [-0.25, -0.2) is 9.59 Å². The number of imide groups is 1. The van der Waals surface area contributed by atoms with E-state index >= 15 is 0 Å². The minimum Gasteiger partial charge on any atom is -0.333 e. The molecular formula is C5H5NO2. The molecule has 1 N–H and O–H groups in total. The number of rotatable bonds is 0. The van der Waals surface area contributed by atoms with Crippen LogP contribution in [0.25, 0.3) is 0 Å². The predicted molar refractivity (Wildman–Crippen MR) is 25.5 cm³/mol. The van der Waals surface area contributed by atoms with Gasteiger partial charge in [-0.15, -0.1) is 7.05 Å². The van der Waals surface area contributed by atoms with E-state index in [2.05, 4.69) is 7.05 Å². The lowest BCUT2D eigenvalue weighted by atomic mass is 10.6. The average Bonchev–Trinajstić information content (AvgIpc) is 1.98. The molecule has 0 bridgehead atoms. The van der Waals surface area contributed by atoms with Gasteiger partial charge in [-0.05, 0) is 0 Å². The second-order valence-corrected chi connectivity index (χ2v) is 1.54. The molecule has 0 aromatic carbocycles. The Kier molecular flexibility index (Phi) is 0.986. The molecule has 0 aliphatic carbocycles. The van der Waals surface area contributed by atoms with Gasteiger partial charge >= 0.3 is 11.8 Å². The quantitative estimate of drug-likeness (QED) is 0.298. The molecule has 8 heavy (non-hydrogen) atoms. The van der Waals surface area contributed by atoms with E-state index in [4.69, 9.17) is 0 Å². The highest BCUT2D eigenvalue weighted by molar-refractivity contribution is 6.01. The molecule has 2 amide bonds. The normalized spacial score (nSPS) is 20.6. The first-order valence-corrected chi connectivity index (χ1v) is 2.17. The summed E-state index contributed by atoms with van der Waals surface area (Å²) >= 11 is 0. The molecule has 42 valence electrons. The van der Waals surface area contributed by atoms with Gasteiger partial charge in [0, 0.05) is 0 Å². The number of carbonyl (C=O) groups excluding carboxylic acids is 2. The summed E-state index contributed by atoms with van der Waals surface area (Å²) in [6, 6.07) is 0. The molecule has 0 atom stereocenters. The number of hydrogen-bond acceptors (Lipinski definition) is 2. The van der Waals surface area contributed by atoms with E-state index in [1.54, 1.807) is 0 Å². The number of nitrogens with one attached hydrogen (secondary N) is 1. The van der Waals surface area contributed by atoms with Crippen LogP contribution in [0.4, 0.5) is 0 Å². The van der Waals surface area contributed by atoms with E-state index in [9.17, 15) is 9.59 Å². The summed E-state index contributed by atoms with van der Waals surface area (Å²) in [4.78, 5) is 20.8. The van der Waals surface area contributed by atoms with Gasteiger partial charge in [0.05, 0.1) is 12.2 Å². The van der Waals surface area contributed by atoms with Crippen LogP contribution in [0, 0.1) is 7.05 Å². The highest BCUT2D eigenvalue weighted by Gasteiger charge is 2.19. The molecule has 3 heteroatoms. The zero-order chi connectivity index (χ0) is 6.15. The molecule has 0 radical (unpaired) electrons. The average molecular weight is 111 g/mol. The summed E-state index contributed by atoms with van der Waals surface area (Å²) in [7, 11) is 3.25. The van der Waals surface area contributed by atoms with E-state index in [-0.39, 0.29) is 16.7 Å². The van der Waals surface area contributed by atoms with Crippen LogP contribution in [0.15, 0.2) is 12.2 Å². The first-order chi connectivity index (χ1) is 3.72. The van der Waals surface area contributed by atoms with E-state index in [1.165, 1.54) is 12.2 Å². The highest BCUT2D eigenvalue weighted by Crippen LogP contribution is 1.76. The fourth-order valence-electron chi connectivity index (χ4n) is 0.474. The van der Waals surface area contributed by atoms with Gasteiger partial charge in [0.25, 0.3) is 0 Å². The van der Waals surface area contributed by atoms with Crippen molar-refractivity contribution in [1.82, 2.24) is 0 Å². The third kappa shape index (κ3) is 0.567. The van der Waals surface area contributed by atoms with Gasteiger partial charge in [-0.2, -0.15) is 0 Å². The van der Waals surface area contributed by atoms with Crippen LogP contribution in [0.5, 0.6) is 0 Å². The lowest BCUT2D eigenvalue weighted by Gasteiger charge is -2.03. The summed E-state index contributed by atoms with van der Waals surface area (Å²) in [6.07, 6.45) is 2.45. The molecule has 1 heterocycles.